The number of hydrogen-bond donors (Lipinski definition) is 2. The topological polar surface area (TPSA) is 38.0 Å². The Balaban J connectivity index is 2.52. The second kappa shape index (κ2) is 4.73. The lowest BCUT2D eigenvalue weighted by atomic mass is 9.97. The Hall–Kier alpha value is -1.96. The summed E-state index contributed by atoms with van der Waals surface area (Å²) >= 11 is 0. The third-order valence-electron chi connectivity index (χ3n) is 3.42. The zero-order valence-corrected chi connectivity index (χ0v) is 11.5. The maximum Gasteiger partial charge on any atom is 0.0373 e. The molecule has 0 aromatic heterocycles. The summed E-state index contributed by atoms with van der Waals surface area (Å²) in [6.45, 7) is 6.23. The molecule has 94 valence electrons. The summed E-state index contributed by atoms with van der Waals surface area (Å²) in [6, 6.07) is 10.8. The van der Waals surface area contributed by atoms with E-state index in [1.54, 1.807) is 0 Å². The second-order valence-corrected chi connectivity index (χ2v) is 4.80. The van der Waals surface area contributed by atoms with Gasteiger partial charge in [-0.3, -0.25) is 0 Å². The largest absolute Gasteiger partial charge is 0.398 e. The van der Waals surface area contributed by atoms with Gasteiger partial charge in [-0.25, -0.2) is 0 Å². The van der Waals surface area contributed by atoms with Crippen molar-refractivity contribution >= 4 is 11.4 Å². The maximum atomic E-state index is 5.99. The van der Waals surface area contributed by atoms with Gasteiger partial charge in [0, 0.05) is 18.4 Å². The van der Waals surface area contributed by atoms with E-state index in [1.165, 1.54) is 22.4 Å². The first-order valence-electron chi connectivity index (χ1n) is 6.18. The van der Waals surface area contributed by atoms with E-state index in [-0.39, 0.29) is 0 Å². The molecule has 0 saturated heterocycles. The molecule has 2 nitrogen and oxygen atoms in total. The first-order valence-corrected chi connectivity index (χ1v) is 6.18. The second-order valence-electron chi connectivity index (χ2n) is 4.80. The molecule has 0 bridgehead atoms. The average molecular weight is 240 g/mol. The highest BCUT2D eigenvalue weighted by Crippen LogP contribution is 2.29. The molecule has 0 radical (unpaired) electrons. The number of benzene rings is 2. The lowest BCUT2D eigenvalue weighted by Crippen LogP contribution is -1.95. The van der Waals surface area contributed by atoms with Crippen LogP contribution in [0.4, 0.5) is 11.4 Å². The molecule has 2 rings (SSSR count). The van der Waals surface area contributed by atoms with Crippen LogP contribution in [0.1, 0.15) is 16.7 Å². The molecular formula is C16H20N2. The Morgan fingerprint density at radius 1 is 0.833 bits per heavy atom. The molecule has 0 unspecified atom stereocenters. The van der Waals surface area contributed by atoms with Gasteiger partial charge in [0.15, 0.2) is 0 Å². The number of nitrogen functional groups attached to an aromatic ring is 1. The predicted molar refractivity (Wildman–Crippen MR) is 80.0 cm³/mol. The Morgan fingerprint density at radius 2 is 1.39 bits per heavy atom. The summed E-state index contributed by atoms with van der Waals surface area (Å²) in [4.78, 5) is 0. The van der Waals surface area contributed by atoms with Gasteiger partial charge >= 0.3 is 0 Å². The van der Waals surface area contributed by atoms with E-state index in [1.807, 2.05) is 7.05 Å². The first-order chi connectivity index (χ1) is 8.52. The Kier molecular flexibility index (Phi) is 3.28. The van der Waals surface area contributed by atoms with E-state index in [9.17, 15) is 0 Å². The van der Waals surface area contributed by atoms with Crippen LogP contribution in [0.25, 0.3) is 11.1 Å². The maximum absolute atomic E-state index is 5.99. The first kappa shape index (κ1) is 12.5. The quantitative estimate of drug-likeness (QED) is 0.781. The van der Waals surface area contributed by atoms with Gasteiger partial charge in [0.25, 0.3) is 0 Å². The molecule has 2 aromatic rings. The third-order valence-corrected chi connectivity index (χ3v) is 3.42. The smallest absolute Gasteiger partial charge is 0.0373 e. The zero-order valence-electron chi connectivity index (χ0n) is 11.5. The van der Waals surface area contributed by atoms with Crippen molar-refractivity contribution < 1.29 is 0 Å². The number of hydrogen-bond acceptors (Lipinski definition) is 2. The van der Waals surface area contributed by atoms with E-state index < -0.39 is 0 Å². The van der Waals surface area contributed by atoms with Crippen LogP contribution in [0.5, 0.6) is 0 Å². The van der Waals surface area contributed by atoms with Crippen LogP contribution in [0.3, 0.4) is 0 Å². The van der Waals surface area contributed by atoms with Gasteiger partial charge in [-0.2, -0.15) is 0 Å². The average Bonchev–Trinajstić information content (AvgIpc) is 2.35. The molecule has 0 aliphatic rings. The fourth-order valence-corrected chi connectivity index (χ4v) is 2.27. The van der Waals surface area contributed by atoms with Crippen LogP contribution in [-0.4, -0.2) is 7.05 Å². The Morgan fingerprint density at radius 3 is 1.89 bits per heavy atom. The minimum Gasteiger partial charge on any atom is -0.398 e. The molecule has 0 spiro atoms. The van der Waals surface area contributed by atoms with Gasteiger partial charge in [0.1, 0.15) is 0 Å². The van der Waals surface area contributed by atoms with Crippen LogP contribution in [0.2, 0.25) is 0 Å². The molecular weight excluding hydrogens is 220 g/mol. The van der Waals surface area contributed by atoms with Gasteiger partial charge in [0.05, 0.1) is 0 Å². The van der Waals surface area contributed by atoms with Crippen LogP contribution >= 0.6 is 0 Å². The van der Waals surface area contributed by atoms with Crippen LogP contribution in [-0.2, 0) is 0 Å². The summed E-state index contributed by atoms with van der Waals surface area (Å²) < 4.78 is 0. The minimum absolute atomic E-state index is 0.891. The summed E-state index contributed by atoms with van der Waals surface area (Å²) in [5.74, 6) is 0. The van der Waals surface area contributed by atoms with Crippen molar-refractivity contribution in [1.29, 1.82) is 0 Å². The van der Waals surface area contributed by atoms with Crippen molar-refractivity contribution in [2.45, 2.75) is 20.8 Å². The van der Waals surface area contributed by atoms with Crippen LogP contribution < -0.4 is 11.1 Å². The number of nitrogens with one attached hydrogen (secondary N) is 1. The number of nitrogens with two attached hydrogens (primary N) is 1. The van der Waals surface area contributed by atoms with Gasteiger partial charge in [-0.15, -0.1) is 0 Å². The van der Waals surface area contributed by atoms with E-state index in [0.717, 1.165) is 16.8 Å². The van der Waals surface area contributed by atoms with Gasteiger partial charge in [0.2, 0.25) is 0 Å². The standard InChI is InChI=1S/C16H20N2/c1-10-7-13(5-6-15(10)18-4)14-8-11(2)16(17)12(3)9-14/h5-9,18H,17H2,1-4H3. The van der Waals surface area contributed by atoms with Crippen molar-refractivity contribution in [2.24, 2.45) is 0 Å². The molecule has 0 atom stereocenters. The van der Waals surface area contributed by atoms with Crippen molar-refractivity contribution in [3.8, 4) is 11.1 Å². The van der Waals surface area contributed by atoms with E-state index >= 15 is 0 Å². The molecule has 2 heteroatoms. The lowest BCUT2D eigenvalue weighted by Gasteiger charge is -2.11. The minimum atomic E-state index is 0.891. The van der Waals surface area contributed by atoms with Crippen molar-refractivity contribution in [1.82, 2.24) is 0 Å². The highest BCUT2D eigenvalue weighted by Gasteiger charge is 2.05. The van der Waals surface area contributed by atoms with Gasteiger partial charge < -0.3 is 11.1 Å². The zero-order chi connectivity index (χ0) is 13.3. The highest BCUT2D eigenvalue weighted by atomic mass is 14.8. The molecule has 2 aromatic carbocycles. The molecule has 0 aliphatic carbocycles. The molecule has 0 aliphatic heterocycles. The van der Waals surface area contributed by atoms with Crippen LogP contribution in [0.15, 0.2) is 30.3 Å². The van der Waals surface area contributed by atoms with Gasteiger partial charge in [-0.1, -0.05) is 6.07 Å². The molecule has 0 saturated carbocycles. The number of rotatable bonds is 2. The van der Waals surface area contributed by atoms with E-state index in [4.69, 9.17) is 5.73 Å². The molecule has 3 N–H and O–H groups in total. The lowest BCUT2D eigenvalue weighted by molar-refractivity contribution is 1.37. The summed E-state index contributed by atoms with van der Waals surface area (Å²) in [5, 5.41) is 3.19. The van der Waals surface area contributed by atoms with E-state index in [2.05, 4.69) is 56.4 Å². The fourth-order valence-electron chi connectivity index (χ4n) is 2.27. The third kappa shape index (κ3) is 2.19. The van der Waals surface area contributed by atoms with Crippen molar-refractivity contribution in [3.05, 3.63) is 47.0 Å². The Bertz CT molecular complexity index is 563. The summed E-state index contributed by atoms with van der Waals surface area (Å²) in [7, 11) is 1.94. The van der Waals surface area contributed by atoms with Crippen molar-refractivity contribution in [3.63, 3.8) is 0 Å². The van der Waals surface area contributed by atoms with Gasteiger partial charge in [-0.05, 0) is 72.9 Å². The molecule has 0 heterocycles. The number of aryl methyl sites for hydroxylation is 3. The normalized spacial score (nSPS) is 10.4. The molecule has 18 heavy (non-hydrogen) atoms. The van der Waals surface area contributed by atoms with E-state index in [0.29, 0.717) is 0 Å². The number of anilines is 2. The summed E-state index contributed by atoms with van der Waals surface area (Å²) in [6.07, 6.45) is 0. The van der Waals surface area contributed by atoms with Crippen LogP contribution in [0, 0.1) is 20.8 Å². The Labute approximate surface area is 109 Å². The fraction of sp³-hybridized carbons (Fsp3) is 0.250. The SMILES string of the molecule is CNc1ccc(-c2cc(C)c(N)c(C)c2)cc1C. The highest BCUT2D eigenvalue weighted by molar-refractivity contribution is 5.72. The monoisotopic (exact) mass is 240 g/mol. The molecule has 0 amide bonds. The predicted octanol–water partition coefficient (Wildman–Crippen LogP) is 3.90. The van der Waals surface area contributed by atoms with Crippen molar-refractivity contribution in [2.75, 3.05) is 18.1 Å². The molecule has 0 fully saturated rings. The summed E-state index contributed by atoms with van der Waals surface area (Å²) in [5.41, 5.74) is 14.0.